The second-order valence-electron chi connectivity index (χ2n) is 6.17. The average Bonchev–Trinajstić information content (AvgIpc) is 3.19. The summed E-state index contributed by atoms with van der Waals surface area (Å²) >= 11 is 9.36. The number of rotatable bonds is 5. The molecule has 0 N–H and O–H groups in total. The van der Waals surface area contributed by atoms with Gasteiger partial charge in [0, 0.05) is 16.3 Å². The predicted molar refractivity (Wildman–Crippen MR) is 108 cm³/mol. The van der Waals surface area contributed by atoms with E-state index in [4.69, 9.17) is 16.7 Å². The van der Waals surface area contributed by atoms with Crippen molar-refractivity contribution in [3.63, 3.8) is 0 Å². The zero-order chi connectivity index (χ0) is 18.1. The van der Waals surface area contributed by atoms with Crippen LogP contribution in [0.2, 0.25) is 5.02 Å². The average molecular weight is 401 g/mol. The van der Waals surface area contributed by atoms with Crippen molar-refractivity contribution in [2.24, 2.45) is 0 Å². The van der Waals surface area contributed by atoms with Gasteiger partial charge < -0.3 is 0 Å². The van der Waals surface area contributed by atoms with Crippen molar-refractivity contribution in [3.8, 4) is 0 Å². The van der Waals surface area contributed by atoms with Crippen LogP contribution in [0.5, 0.6) is 0 Å². The van der Waals surface area contributed by atoms with E-state index in [1.165, 1.54) is 16.0 Å². The van der Waals surface area contributed by atoms with Gasteiger partial charge in [0.1, 0.15) is 5.01 Å². The van der Waals surface area contributed by atoms with Crippen LogP contribution in [0.1, 0.15) is 27.5 Å². The van der Waals surface area contributed by atoms with Crippen LogP contribution in [0.25, 0.3) is 4.96 Å². The lowest BCUT2D eigenvalue weighted by atomic mass is 10.1. The van der Waals surface area contributed by atoms with E-state index in [0.717, 1.165) is 32.1 Å². The first kappa shape index (κ1) is 17.5. The van der Waals surface area contributed by atoms with Crippen LogP contribution in [0.15, 0.2) is 47.4 Å². The van der Waals surface area contributed by atoms with Crippen LogP contribution in [-0.4, -0.2) is 19.8 Å². The van der Waals surface area contributed by atoms with Gasteiger partial charge in [-0.15, -0.1) is 22.0 Å². The molecule has 0 spiro atoms. The molecule has 4 aromatic rings. The summed E-state index contributed by atoms with van der Waals surface area (Å²) in [4.78, 5) is 2.14. The molecule has 0 aliphatic carbocycles. The smallest absolute Gasteiger partial charge is 0.187 e. The van der Waals surface area contributed by atoms with Gasteiger partial charge in [-0.2, -0.15) is 9.61 Å². The van der Waals surface area contributed by atoms with Gasteiger partial charge in [-0.25, -0.2) is 0 Å². The van der Waals surface area contributed by atoms with Gasteiger partial charge in [0.05, 0.1) is 5.75 Å². The van der Waals surface area contributed by atoms with Crippen molar-refractivity contribution in [3.05, 3.63) is 75.0 Å². The molecule has 2 aromatic carbocycles. The Morgan fingerprint density at radius 3 is 2.69 bits per heavy atom. The van der Waals surface area contributed by atoms with Crippen LogP contribution in [0, 0.1) is 13.8 Å². The lowest BCUT2D eigenvalue weighted by Gasteiger charge is -2.05. The number of thioether (sulfide) groups is 1. The molecule has 132 valence electrons. The summed E-state index contributed by atoms with van der Waals surface area (Å²) in [7, 11) is 0. The fourth-order valence-electron chi connectivity index (χ4n) is 2.65. The summed E-state index contributed by atoms with van der Waals surface area (Å²) in [6.07, 6.45) is 0.686. The Hall–Kier alpha value is -1.89. The van der Waals surface area contributed by atoms with Gasteiger partial charge in [0.15, 0.2) is 5.82 Å². The van der Waals surface area contributed by atoms with E-state index in [2.05, 4.69) is 42.2 Å². The van der Waals surface area contributed by atoms with Crippen LogP contribution >= 0.6 is 34.7 Å². The van der Waals surface area contributed by atoms with E-state index >= 15 is 0 Å². The monoisotopic (exact) mass is 400 g/mol. The largest absolute Gasteiger partial charge is 0.234 e. The molecule has 0 radical (unpaired) electrons. The molecule has 26 heavy (non-hydrogen) atoms. The lowest BCUT2D eigenvalue weighted by Crippen LogP contribution is -1.98. The first-order valence-electron chi connectivity index (χ1n) is 8.23. The highest BCUT2D eigenvalue weighted by atomic mass is 35.5. The highest BCUT2D eigenvalue weighted by molar-refractivity contribution is 7.98. The molecule has 0 unspecified atom stereocenters. The number of fused-ring (bicyclic) bond motifs is 1. The third-order valence-corrected chi connectivity index (χ3v) is 6.57. The Morgan fingerprint density at radius 2 is 1.88 bits per heavy atom. The molecular formula is C19H17ClN4S2. The maximum atomic E-state index is 5.95. The first-order chi connectivity index (χ1) is 12.6. The molecule has 2 heterocycles. The van der Waals surface area contributed by atoms with Gasteiger partial charge in [-0.3, -0.25) is 0 Å². The van der Waals surface area contributed by atoms with Crippen molar-refractivity contribution >= 4 is 39.7 Å². The SMILES string of the molecule is Cc1ccc(C)c(SCc2nn3c(Cc4ccc(Cl)cc4)nnc3s2)c1. The Balaban J connectivity index is 1.52. The predicted octanol–water partition coefficient (Wildman–Crippen LogP) is 5.34. The van der Waals surface area contributed by atoms with Crippen LogP contribution < -0.4 is 0 Å². The number of halogens is 1. The summed E-state index contributed by atoms with van der Waals surface area (Å²) in [5.74, 6) is 1.68. The third kappa shape index (κ3) is 3.77. The molecule has 0 fully saturated rings. The summed E-state index contributed by atoms with van der Waals surface area (Å²) in [6.45, 7) is 4.26. The molecule has 0 saturated carbocycles. The minimum Gasteiger partial charge on any atom is -0.187 e. The zero-order valence-corrected chi connectivity index (χ0v) is 16.8. The van der Waals surface area contributed by atoms with Crippen LogP contribution in [0.4, 0.5) is 0 Å². The Kier molecular flexibility index (Phi) is 4.98. The molecule has 0 atom stereocenters. The normalized spacial score (nSPS) is 11.3. The van der Waals surface area contributed by atoms with Crippen molar-refractivity contribution in [2.45, 2.75) is 30.9 Å². The Labute approximate surface area is 165 Å². The van der Waals surface area contributed by atoms with Gasteiger partial charge in [-0.05, 0) is 43.2 Å². The van der Waals surface area contributed by atoms with E-state index in [1.807, 2.05) is 40.5 Å². The van der Waals surface area contributed by atoms with Crippen molar-refractivity contribution in [1.82, 2.24) is 19.8 Å². The highest BCUT2D eigenvalue weighted by Gasteiger charge is 2.13. The third-order valence-electron chi connectivity index (χ3n) is 4.07. The molecule has 4 nitrogen and oxygen atoms in total. The maximum absolute atomic E-state index is 5.95. The van der Waals surface area contributed by atoms with Crippen molar-refractivity contribution in [1.29, 1.82) is 0 Å². The second-order valence-corrected chi connectivity index (χ2v) is 8.66. The quantitative estimate of drug-likeness (QED) is 0.424. The minimum absolute atomic E-state index is 0.686. The van der Waals surface area contributed by atoms with E-state index in [9.17, 15) is 0 Å². The van der Waals surface area contributed by atoms with Crippen molar-refractivity contribution in [2.75, 3.05) is 0 Å². The summed E-state index contributed by atoms with van der Waals surface area (Å²) in [5.41, 5.74) is 3.72. The molecule has 0 aliphatic heterocycles. The highest BCUT2D eigenvalue weighted by Crippen LogP contribution is 2.28. The van der Waals surface area contributed by atoms with Gasteiger partial charge in [0.25, 0.3) is 0 Å². The summed E-state index contributed by atoms with van der Waals surface area (Å²) in [6, 6.07) is 14.3. The van der Waals surface area contributed by atoms with Crippen molar-refractivity contribution < 1.29 is 0 Å². The summed E-state index contributed by atoms with van der Waals surface area (Å²) < 4.78 is 1.86. The Morgan fingerprint density at radius 1 is 1.08 bits per heavy atom. The van der Waals surface area contributed by atoms with E-state index < -0.39 is 0 Å². The molecular weight excluding hydrogens is 384 g/mol. The number of aromatic nitrogens is 4. The van der Waals surface area contributed by atoms with E-state index in [0.29, 0.717) is 6.42 Å². The van der Waals surface area contributed by atoms with E-state index in [1.54, 1.807) is 11.3 Å². The maximum Gasteiger partial charge on any atom is 0.234 e. The van der Waals surface area contributed by atoms with Gasteiger partial charge in [0.2, 0.25) is 4.96 Å². The molecule has 0 amide bonds. The van der Waals surface area contributed by atoms with Crippen LogP contribution in [0.3, 0.4) is 0 Å². The molecule has 4 rings (SSSR count). The van der Waals surface area contributed by atoms with Gasteiger partial charge in [-0.1, -0.05) is 52.8 Å². The fourth-order valence-corrected chi connectivity index (χ4v) is 4.74. The standard InChI is InChI=1S/C19H17ClN4S2/c1-12-3-4-13(2)16(9-12)25-11-18-23-24-17(21-22-19(24)26-18)10-14-5-7-15(20)8-6-14/h3-9H,10-11H2,1-2H3. The number of benzene rings is 2. The molecule has 2 aromatic heterocycles. The molecule has 0 saturated heterocycles. The number of hydrogen-bond acceptors (Lipinski definition) is 5. The Bertz CT molecular complexity index is 1050. The molecule has 0 bridgehead atoms. The molecule has 7 heteroatoms. The van der Waals surface area contributed by atoms with E-state index in [-0.39, 0.29) is 0 Å². The number of hydrogen-bond donors (Lipinski definition) is 0. The molecule has 0 aliphatic rings. The topological polar surface area (TPSA) is 43.1 Å². The number of aryl methyl sites for hydroxylation is 2. The number of nitrogens with zero attached hydrogens (tertiary/aromatic N) is 4. The second kappa shape index (κ2) is 7.39. The van der Waals surface area contributed by atoms with Gasteiger partial charge >= 0.3 is 0 Å². The van der Waals surface area contributed by atoms with Crippen LogP contribution in [-0.2, 0) is 12.2 Å². The minimum atomic E-state index is 0.686. The summed E-state index contributed by atoms with van der Waals surface area (Å²) in [5, 5.41) is 15.1. The fraction of sp³-hybridized carbons (Fsp3) is 0.211. The first-order valence-corrected chi connectivity index (χ1v) is 10.4. The zero-order valence-electron chi connectivity index (χ0n) is 14.4. The lowest BCUT2D eigenvalue weighted by molar-refractivity contribution is 0.838.